The number of aromatic nitrogens is 2. The molecule has 0 aromatic carbocycles. The largest absolute Gasteiger partial charge is 0.381 e. The number of aryl methyl sites for hydroxylation is 1. The summed E-state index contributed by atoms with van der Waals surface area (Å²) >= 11 is 0. The van der Waals surface area contributed by atoms with E-state index < -0.39 is 0 Å². The summed E-state index contributed by atoms with van der Waals surface area (Å²) in [7, 11) is 0. The number of hydrogen-bond acceptors (Lipinski definition) is 4. The van der Waals surface area contributed by atoms with Crippen LogP contribution in [0.4, 0.5) is 5.82 Å². The lowest BCUT2D eigenvalue weighted by atomic mass is 10.1. The van der Waals surface area contributed by atoms with Crippen molar-refractivity contribution < 1.29 is 4.74 Å². The summed E-state index contributed by atoms with van der Waals surface area (Å²) in [6.45, 7) is 7.60. The van der Waals surface area contributed by atoms with Crippen molar-refractivity contribution in [2.45, 2.75) is 39.7 Å². The molecule has 1 aliphatic heterocycles. The quantitative estimate of drug-likeness (QED) is 0.836. The molecule has 1 aromatic rings. The molecular weight excluding hydrogens is 202 g/mol. The van der Waals surface area contributed by atoms with Gasteiger partial charge in [0.25, 0.3) is 0 Å². The highest BCUT2D eigenvalue weighted by atomic mass is 16.5. The Morgan fingerprint density at radius 2 is 2.00 bits per heavy atom. The van der Waals surface area contributed by atoms with Crippen LogP contribution in [0.1, 0.15) is 32.5 Å². The van der Waals surface area contributed by atoms with Crippen molar-refractivity contribution in [1.82, 2.24) is 9.97 Å². The monoisotopic (exact) mass is 223 g/mol. The summed E-state index contributed by atoms with van der Waals surface area (Å²) in [4.78, 5) is 8.36. The molecular formula is C12H21N3O. The summed E-state index contributed by atoms with van der Waals surface area (Å²) in [5, 5.41) is 3.39. The van der Waals surface area contributed by atoms with Gasteiger partial charge in [0.15, 0.2) is 0 Å². The first-order chi connectivity index (χ1) is 7.84. The zero-order valence-electron chi connectivity index (χ0n) is 10.4. The molecule has 0 bridgehead atoms. The zero-order valence-corrected chi connectivity index (χ0v) is 10.4. The highest BCUT2D eigenvalue weighted by Crippen LogP contribution is 2.12. The van der Waals surface area contributed by atoms with Gasteiger partial charge in [0.1, 0.15) is 11.6 Å². The topological polar surface area (TPSA) is 47.0 Å². The molecule has 4 heteroatoms. The molecule has 1 fully saturated rings. The summed E-state index contributed by atoms with van der Waals surface area (Å²) in [5.74, 6) is 1.73. The van der Waals surface area contributed by atoms with E-state index in [4.69, 9.17) is 4.74 Å². The Balaban J connectivity index is 0.000000606. The summed E-state index contributed by atoms with van der Waals surface area (Å²) in [5.41, 5.74) is 0. The lowest BCUT2D eigenvalue weighted by Crippen LogP contribution is -2.28. The first-order valence-corrected chi connectivity index (χ1v) is 5.98. The van der Waals surface area contributed by atoms with Crippen molar-refractivity contribution in [2.24, 2.45) is 0 Å². The zero-order chi connectivity index (χ0) is 11.8. The maximum atomic E-state index is 5.29. The molecule has 1 aromatic heterocycles. The minimum absolute atomic E-state index is 0.498. The van der Waals surface area contributed by atoms with Gasteiger partial charge in [-0.05, 0) is 25.8 Å². The number of rotatable bonds is 2. The average Bonchev–Trinajstić information content (AvgIpc) is 2.33. The smallest absolute Gasteiger partial charge is 0.129 e. The minimum atomic E-state index is 0.498. The Kier molecular flexibility index (Phi) is 5.78. The van der Waals surface area contributed by atoms with E-state index in [1.807, 2.05) is 26.8 Å². The van der Waals surface area contributed by atoms with Crippen molar-refractivity contribution in [3.05, 3.63) is 18.1 Å². The number of anilines is 1. The molecule has 0 saturated carbocycles. The third-order valence-electron chi connectivity index (χ3n) is 2.35. The summed E-state index contributed by atoms with van der Waals surface area (Å²) < 4.78 is 5.29. The van der Waals surface area contributed by atoms with Crippen LogP contribution in [-0.4, -0.2) is 29.2 Å². The Morgan fingerprint density at radius 3 is 2.62 bits per heavy atom. The fourth-order valence-corrected chi connectivity index (χ4v) is 1.59. The standard InChI is InChI=1S/C10H15N3O.C2H6/c1-8-11-5-2-10(12-8)13-9-3-6-14-7-4-9;1-2/h2,5,9H,3-4,6-7H2,1H3,(H,11,12,13);1-2H3. The highest BCUT2D eigenvalue weighted by Gasteiger charge is 2.13. The molecule has 1 aliphatic rings. The first-order valence-electron chi connectivity index (χ1n) is 5.98. The summed E-state index contributed by atoms with van der Waals surface area (Å²) in [6.07, 6.45) is 3.90. The second kappa shape index (κ2) is 7.17. The van der Waals surface area contributed by atoms with Crippen LogP contribution in [-0.2, 0) is 4.74 Å². The first kappa shape index (κ1) is 12.9. The van der Waals surface area contributed by atoms with E-state index in [-0.39, 0.29) is 0 Å². The van der Waals surface area contributed by atoms with Crippen LogP contribution in [0.15, 0.2) is 12.3 Å². The lowest BCUT2D eigenvalue weighted by Gasteiger charge is -2.23. The maximum absolute atomic E-state index is 5.29. The maximum Gasteiger partial charge on any atom is 0.129 e. The van der Waals surface area contributed by atoms with Crippen molar-refractivity contribution in [3.8, 4) is 0 Å². The van der Waals surface area contributed by atoms with E-state index in [2.05, 4.69) is 15.3 Å². The normalized spacial score (nSPS) is 16.2. The van der Waals surface area contributed by atoms with Gasteiger partial charge in [-0.3, -0.25) is 0 Å². The van der Waals surface area contributed by atoms with Crippen LogP contribution in [0, 0.1) is 6.92 Å². The van der Waals surface area contributed by atoms with Gasteiger partial charge >= 0.3 is 0 Å². The van der Waals surface area contributed by atoms with E-state index in [9.17, 15) is 0 Å². The predicted molar refractivity (Wildman–Crippen MR) is 65.6 cm³/mol. The number of nitrogens with one attached hydrogen (secondary N) is 1. The Labute approximate surface area is 97.5 Å². The Bertz CT molecular complexity index is 298. The number of ether oxygens (including phenoxy) is 1. The Hall–Kier alpha value is -1.16. The van der Waals surface area contributed by atoms with E-state index in [1.54, 1.807) is 6.20 Å². The molecule has 0 unspecified atom stereocenters. The molecule has 1 saturated heterocycles. The third kappa shape index (κ3) is 4.14. The van der Waals surface area contributed by atoms with Gasteiger partial charge in [0.05, 0.1) is 0 Å². The number of nitrogens with zero attached hydrogens (tertiary/aromatic N) is 2. The molecule has 90 valence electrons. The van der Waals surface area contributed by atoms with Crippen LogP contribution in [0.25, 0.3) is 0 Å². The Morgan fingerprint density at radius 1 is 1.31 bits per heavy atom. The van der Waals surface area contributed by atoms with Crippen molar-refractivity contribution in [1.29, 1.82) is 0 Å². The van der Waals surface area contributed by atoms with Crippen molar-refractivity contribution >= 4 is 5.82 Å². The van der Waals surface area contributed by atoms with E-state index in [0.29, 0.717) is 6.04 Å². The fourth-order valence-electron chi connectivity index (χ4n) is 1.59. The van der Waals surface area contributed by atoms with Crippen molar-refractivity contribution in [2.75, 3.05) is 18.5 Å². The molecule has 4 nitrogen and oxygen atoms in total. The molecule has 0 atom stereocenters. The van der Waals surface area contributed by atoms with Gasteiger partial charge in [-0.1, -0.05) is 13.8 Å². The van der Waals surface area contributed by atoms with Crippen LogP contribution >= 0.6 is 0 Å². The van der Waals surface area contributed by atoms with E-state index in [1.165, 1.54) is 0 Å². The van der Waals surface area contributed by atoms with Gasteiger partial charge < -0.3 is 10.1 Å². The molecule has 16 heavy (non-hydrogen) atoms. The van der Waals surface area contributed by atoms with Crippen LogP contribution in [0.2, 0.25) is 0 Å². The highest BCUT2D eigenvalue weighted by molar-refractivity contribution is 5.34. The molecule has 0 radical (unpaired) electrons. The molecule has 1 N–H and O–H groups in total. The van der Waals surface area contributed by atoms with Crippen molar-refractivity contribution in [3.63, 3.8) is 0 Å². The predicted octanol–water partition coefficient (Wildman–Crippen LogP) is 2.40. The SMILES string of the molecule is CC.Cc1nccc(NC2CCOCC2)n1. The molecule has 0 spiro atoms. The van der Waals surface area contributed by atoms with Gasteiger partial charge in [0.2, 0.25) is 0 Å². The third-order valence-corrected chi connectivity index (χ3v) is 2.35. The lowest BCUT2D eigenvalue weighted by molar-refractivity contribution is 0.0904. The van der Waals surface area contributed by atoms with Gasteiger partial charge in [-0.15, -0.1) is 0 Å². The number of hydrogen-bond donors (Lipinski definition) is 1. The minimum Gasteiger partial charge on any atom is -0.381 e. The molecule has 2 rings (SSSR count). The fraction of sp³-hybridized carbons (Fsp3) is 0.667. The van der Waals surface area contributed by atoms with Gasteiger partial charge in [-0.25, -0.2) is 9.97 Å². The van der Waals surface area contributed by atoms with Crippen LogP contribution in [0.5, 0.6) is 0 Å². The molecule has 0 aliphatic carbocycles. The van der Waals surface area contributed by atoms with E-state index in [0.717, 1.165) is 37.7 Å². The van der Waals surface area contributed by atoms with Crippen LogP contribution in [0.3, 0.4) is 0 Å². The van der Waals surface area contributed by atoms with E-state index >= 15 is 0 Å². The van der Waals surface area contributed by atoms with Crippen LogP contribution < -0.4 is 5.32 Å². The molecule has 2 heterocycles. The summed E-state index contributed by atoms with van der Waals surface area (Å²) in [6, 6.07) is 2.40. The van der Waals surface area contributed by atoms with Gasteiger partial charge in [0, 0.05) is 25.5 Å². The van der Waals surface area contributed by atoms with Gasteiger partial charge in [-0.2, -0.15) is 0 Å². The average molecular weight is 223 g/mol. The molecule has 0 amide bonds. The second-order valence-electron chi connectivity index (χ2n) is 3.52. The second-order valence-corrected chi connectivity index (χ2v) is 3.52.